The molecule has 1 aliphatic rings. The standard InChI is InChI=1S/C20H20F2IN3O2/c1-2-26(12-10-16-9-8-14-5-4-11-24-18(14)25-16)19(27)28-17-7-3-6-15(13-17)20(21,22)23/h2-3,6-9,13H,1,4-5,10-12H2,(H,24,25). The van der Waals surface area contributed by atoms with Crippen LogP contribution in [0.1, 0.15) is 23.2 Å². The van der Waals surface area contributed by atoms with Gasteiger partial charge in [0.25, 0.3) is 0 Å². The molecule has 5 nitrogen and oxygen atoms in total. The number of hydrogen-bond acceptors (Lipinski definition) is 4. The number of carbonyl (C=O) groups is 1. The zero-order chi connectivity index (χ0) is 20.1. The summed E-state index contributed by atoms with van der Waals surface area (Å²) < 4.78 is 29.1. The molecular weight excluding hydrogens is 479 g/mol. The number of hydrogen-bond donors (Lipinski definition) is 1. The van der Waals surface area contributed by atoms with Gasteiger partial charge in [-0.3, -0.25) is 4.90 Å². The maximum absolute atomic E-state index is 13.4. The number of aromatic nitrogens is 1. The highest BCUT2D eigenvalue weighted by Crippen LogP contribution is 2.36. The second-order valence-corrected chi connectivity index (χ2v) is 7.72. The van der Waals surface area contributed by atoms with E-state index >= 15 is 0 Å². The highest BCUT2D eigenvalue weighted by molar-refractivity contribution is 14.1. The first-order valence-corrected chi connectivity index (χ1v) is 9.95. The summed E-state index contributed by atoms with van der Waals surface area (Å²) in [5.41, 5.74) is 1.82. The number of amides is 1. The molecule has 1 aromatic carbocycles. The van der Waals surface area contributed by atoms with Gasteiger partial charge >= 0.3 is 10.0 Å². The number of halogens is 3. The summed E-state index contributed by atoms with van der Waals surface area (Å²) in [6.45, 7) is 4.86. The molecule has 1 N–H and O–H groups in total. The smallest absolute Gasteiger partial charge is 0.410 e. The second-order valence-electron chi connectivity index (χ2n) is 6.36. The van der Waals surface area contributed by atoms with Crippen LogP contribution in [0.2, 0.25) is 0 Å². The Bertz CT molecular complexity index is 871. The number of nitrogens with zero attached hydrogens (tertiary/aromatic N) is 2. The molecule has 1 aliphatic heterocycles. The maximum atomic E-state index is 13.4. The minimum atomic E-state index is -3.04. The summed E-state index contributed by atoms with van der Waals surface area (Å²) in [5.74, 6) is 0.954. The third-order valence-corrected chi connectivity index (χ3v) is 5.00. The maximum Gasteiger partial charge on any atom is 0.419 e. The van der Waals surface area contributed by atoms with E-state index in [9.17, 15) is 13.6 Å². The van der Waals surface area contributed by atoms with E-state index in [0.29, 0.717) is 13.0 Å². The molecule has 3 rings (SSSR count). The van der Waals surface area contributed by atoms with Crippen LogP contribution in [0.15, 0.2) is 49.2 Å². The first-order chi connectivity index (χ1) is 13.4. The molecule has 2 aromatic rings. The number of aryl methyl sites for hydroxylation is 1. The Morgan fingerprint density at radius 3 is 2.96 bits per heavy atom. The molecule has 1 aromatic heterocycles. The summed E-state index contributed by atoms with van der Waals surface area (Å²) in [7, 11) is 0. The molecule has 8 heteroatoms. The molecular formula is C20H20F2IN3O2. The lowest BCUT2D eigenvalue weighted by atomic mass is 10.1. The van der Waals surface area contributed by atoms with E-state index in [1.54, 1.807) is 0 Å². The van der Waals surface area contributed by atoms with Gasteiger partial charge in [0.15, 0.2) is 0 Å². The third-order valence-electron chi connectivity index (χ3n) is 4.38. The van der Waals surface area contributed by atoms with Crippen LogP contribution in [-0.2, 0) is 16.8 Å². The third kappa shape index (κ3) is 5.18. The van der Waals surface area contributed by atoms with Gasteiger partial charge in [-0.05, 0) is 36.6 Å². The predicted molar refractivity (Wildman–Crippen MR) is 112 cm³/mol. The van der Waals surface area contributed by atoms with Gasteiger partial charge in [-0.2, -0.15) is 8.78 Å². The van der Waals surface area contributed by atoms with Gasteiger partial charge in [-0.25, -0.2) is 9.78 Å². The molecule has 0 spiro atoms. The van der Waals surface area contributed by atoms with E-state index in [1.807, 2.05) is 6.07 Å². The monoisotopic (exact) mass is 499 g/mol. The molecule has 0 fully saturated rings. The largest absolute Gasteiger partial charge is 0.419 e. The number of anilines is 1. The average molecular weight is 499 g/mol. The molecule has 0 saturated carbocycles. The van der Waals surface area contributed by atoms with Gasteiger partial charge in [0.05, 0.1) is 0 Å². The molecule has 0 radical (unpaired) electrons. The Morgan fingerprint density at radius 2 is 2.21 bits per heavy atom. The van der Waals surface area contributed by atoms with Crippen molar-refractivity contribution in [2.24, 2.45) is 0 Å². The Balaban J connectivity index is 1.62. The van der Waals surface area contributed by atoms with Gasteiger partial charge in [0.2, 0.25) is 0 Å². The minimum Gasteiger partial charge on any atom is -0.410 e. The fourth-order valence-corrected chi connectivity index (χ4v) is 3.23. The van der Waals surface area contributed by atoms with Crippen molar-refractivity contribution in [3.8, 4) is 5.75 Å². The normalized spacial score (nSPS) is 13.2. The molecule has 0 saturated heterocycles. The molecule has 1 amide bonds. The van der Waals surface area contributed by atoms with Crippen LogP contribution in [0.3, 0.4) is 0 Å². The minimum absolute atomic E-state index is 0.0572. The number of alkyl halides is 3. The van der Waals surface area contributed by atoms with E-state index < -0.39 is 10.0 Å². The lowest BCUT2D eigenvalue weighted by Crippen LogP contribution is -2.30. The van der Waals surface area contributed by atoms with Gasteiger partial charge < -0.3 is 10.1 Å². The molecule has 0 aliphatic carbocycles. The summed E-state index contributed by atoms with van der Waals surface area (Å²) in [6, 6.07) is 9.32. The van der Waals surface area contributed by atoms with Crippen LogP contribution in [0, 0.1) is 0 Å². The number of nitrogens with one attached hydrogen (secondary N) is 1. The van der Waals surface area contributed by atoms with Crippen LogP contribution in [0.4, 0.5) is 19.4 Å². The van der Waals surface area contributed by atoms with Crippen molar-refractivity contribution < 1.29 is 18.3 Å². The predicted octanol–water partition coefficient (Wildman–Crippen LogP) is 5.11. The molecule has 0 atom stereocenters. The Morgan fingerprint density at radius 1 is 1.39 bits per heavy atom. The van der Waals surface area contributed by atoms with E-state index in [2.05, 4.69) is 22.9 Å². The fourth-order valence-electron chi connectivity index (χ4n) is 2.90. The zero-order valence-electron chi connectivity index (χ0n) is 15.1. The van der Waals surface area contributed by atoms with Crippen molar-refractivity contribution in [3.63, 3.8) is 0 Å². The Hall–Kier alpha value is -2.23. The molecule has 0 bridgehead atoms. The lowest BCUT2D eigenvalue weighted by Gasteiger charge is -2.20. The summed E-state index contributed by atoms with van der Waals surface area (Å²) in [6.07, 6.45) is 3.29. The number of benzene rings is 1. The Kier molecular flexibility index (Phi) is 6.48. The van der Waals surface area contributed by atoms with E-state index in [4.69, 9.17) is 4.74 Å². The van der Waals surface area contributed by atoms with Crippen LogP contribution in [-0.4, -0.2) is 29.1 Å². The number of carbonyl (C=O) groups excluding carboxylic acids is 1. The van der Waals surface area contributed by atoms with Gasteiger partial charge in [-0.1, -0.05) is 24.8 Å². The molecule has 0 unspecified atom stereocenters. The van der Waals surface area contributed by atoms with Crippen molar-refractivity contribution >= 4 is 34.5 Å². The van der Waals surface area contributed by atoms with Crippen LogP contribution in [0.25, 0.3) is 0 Å². The fraction of sp³-hybridized carbons (Fsp3) is 0.300. The zero-order valence-corrected chi connectivity index (χ0v) is 17.3. The number of ether oxygens (including phenoxy) is 1. The van der Waals surface area contributed by atoms with Crippen LogP contribution >= 0.6 is 22.6 Å². The molecule has 148 valence electrons. The first kappa shape index (κ1) is 20.5. The molecule has 2 heterocycles. The SMILES string of the molecule is C=CN(CCc1ccc2c(n1)NCCC2)C(=O)Oc1cccc(C(F)(F)I)c1. The Labute approximate surface area is 175 Å². The number of pyridine rings is 1. The first-order valence-electron chi connectivity index (χ1n) is 8.88. The number of fused-ring (bicyclic) bond motifs is 1. The van der Waals surface area contributed by atoms with Gasteiger partial charge in [0, 0.05) is 59.6 Å². The van der Waals surface area contributed by atoms with Crippen LogP contribution in [0.5, 0.6) is 5.75 Å². The lowest BCUT2D eigenvalue weighted by molar-refractivity contribution is 0.127. The topological polar surface area (TPSA) is 54.5 Å². The highest BCUT2D eigenvalue weighted by Gasteiger charge is 2.27. The number of rotatable bonds is 6. The quantitative estimate of drug-likeness (QED) is 0.444. The van der Waals surface area contributed by atoms with Crippen molar-refractivity contribution in [1.82, 2.24) is 9.88 Å². The van der Waals surface area contributed by atoms with Crippen molar-refractivity contribution in [3.05, 3.63) is 66.0 Å². The van der Waals surface area contributed by atoms with Gasteiger partial charge in [0.1, 0.15) is 11.6 Å². The summed E-state index contributed by atoms with van der Waals surface area (Å²) in [4.78, 5) is 18.3. The second kappa shape index (κ2) is 8.85. The summed E-state index contributed by atoms with van der Waals surface area (Å²) in [5, 5.41) is 3.28. The highest BCUT2D eigenvalue weighted by atomic mass is 127. The van der Waals surface area contributed by atoms with Crippen LogP contribution < -0.4 is 10.1 Å². The van der Waals surface area contributed by atoms with Gasteiger partial charge in [-0.15, -0.1) is 0 Å². The van der Waals surface area contributed by atoms with Crippen molar-refractivity contribution in [2.75, 3.05) is 18.4 Å². The van der Waals surface area contributed by atoms with E-state index in [0.717, 1.165) is 59.6 Å². The van der Waals surface area contributed by atoms with E-state index in [-0.39, 0.29) is 11.3 Å². The summed E-state index contributed by atoms with van der Waals surface area (Å²) >= 11 is 1.04. The van der Waals surface area contributed by atoms with E-state index in [1.165, 1.54) is 34.9 Å². The average Bonchev–Trinajstić information content (AvgIpc) is 2.68. The molecule has 28 heavy (non-hydrogen) atoms. The van der Waals surface area contributed by atoms with Crippen molar-refractivity contribution in [1.29, 1.82) is 0 Å². The van der Waals surface area contributed by atoms with Crippen molar-refractivity contribution in [2.45, 2.75) is 23.2 Å².